The van der Waals surface area contributed by atoms with Gasteiger partial charge in [-0.05, 0) is 6.42 Å². The lowest BCUT2D eigenvalue weighted by Gasteiger charge is -2.07. The van der Waals surface area contributed by atoms with Gasteiger partial charge in [-0.3, -0.25) is 4.79 Å². The summed E-state index contributed by atoms with van der Waals surface area (Å²) in [6.45, 7) is 2.13. The first-order chi connectivity index (χ1) is 5.09. The van der Waals surface area contributed by atoms with Crippen molar-refractivity contribution >= 4 is 60.2 Å². The predicted molar refractivity (Wildman–Crippen MR) is 64.0 cm³/mol. The van der Waals surface area contributed by atoms with E-state index in [2.05, 4.69) is 61.4 Å². The van der Waals surface area contributed by atoms with Gasteiger partial charge in [0.2, 0.25) is 0 Å². The Bertz CT molecular complexity index is 128. The lowest BCUT2D eigenvalue weighted by molar-refractivity contribution is -0.116. The van der Waals surface area contributed by atoms with Crippen LogP contribution in [-0.2, 0) is 4.79 Å². The zero-order valence-corrected chi connectivity index (χ0v) is 11.6. The maximum atomic E-state index is 11.2. The molecule has 1 nitrogen and oxygen atoms in total. The van der Waals surface area contributed by atoms with Crippen molar-refractivity contribution in [1.29, 1.82) is 0 Å². The molecule has 0 aromatic rings. The van der Waals surface area contributed by atoms with Crippen LogP contribution in [-0.4, -0.2) is 13.4 Å². The largest absolute Gasteiger partial charge is 0.296 e. The number of carbonyl (C=O) groups excluding carboxylic acids is 1. The lowest BCUT2D eigenvalue weighted by atomic mass is 10.1. The molecule has 0 bridgehead atoms. The van der Waals surface area contributed by atoms with Crippen LogP contribution < -0.4 is 0 Å². The molecule has 0 aromatic carbocycles. The first-order valence-corrected chi connectivity index (χ1v) is 6.63. The molecule has 0 saturated heterocycles. The Morgan fingerprint density at radius 3 is 2.45 bits per heavy atom. The van der Waals surface area contributed by atoms with E-state index < -0.39 is 0 Å². The highest BCUT2D eigenvalue weighted by molar-refractivity contribution is 14.1. The molecule has 1 atom stereocenters. The maximum Gasteiger partial charge on any atom is 0.169 e. The molecule has 0 amide bonds. The number of rotatable bonds is 5. The van der Waals surface area contributed by atoms with Crippen LogP contribution in [0.25, 0.3) is 0 Å². The molecule has 0 heterocycles. The third-order valence-electron chi connectivity index (χ3n) is 1.33. The van der Waals surface area contributed by atoms with Crippen LogP contribution in [0.1, 0.15) is 26.2 Å². The number of hydrogen-bond acceptors (Lipinski definition) is 1. The Morgan fingerprint density at radius 2 is 2.09 bits per heavy atom. The van der Waals surface area contributed by atoms with Gasteiger partial charge in [-0.15, -0.1) is 0 Å². The fraction of sp³-hybridized carbons (Fsp3) is 0.857. The second-order valence-corrected chi connectivity index (χ2v) is 6.88. The van der Waals surface area contributed by atoms with Gasteiger partial charge in [0.15, 0.2) is 5.78 Å². The van der Waals surface area contributed by atoms with Crippen molar-refractivity contribution in [3.8, 4) is 0 Å². The SMILES string of the molecule is CCCCC(I)C(=O)C(Br)Br. The van der Waals surface area contributed by atoms with E-state index in [1.807, 2.05) is 0 Å². The molecule has 66 valence electrons. The van der Waals surface area contributed by atoms with Crippen molar-refractivity contribution in [3.05, 3.63) is 0 Å². The molecule has 0 spiro atoms. The van der Waals surface area contributed by atoms with Crippen LogP contribution in [0.15, 0.2) is 0 Å². The molecule has 0 aliphatic carbocycles. The van der Waals surface area contributed by atoms with Gasteiger partial charge in [-0.25, -0.2) is 0 Å². The quantitative estimate of drug-likeness (QED) is 0.511. The molecular formula is C7H11Br2IO. The monoisotopic (exact) mass is 396 g/mol. The normalized spacial score (nSPS) is 13.5. The van der Waals surface area contributed by atoms with Crippen molar-refractivity contribution in [3.63, 3.8) is 0 Å². The summed E-state index contributed by atoms with van der Waals surface area (Å²) in [4.78, 5) is 11.2. The number of carbonyl (C=O) groups is 1. The van der Waals surface area contributed by atoms with E-state index in [1.165, 1.54) is 0 Å². The molecule has 0 saturated carbocycles. The second-order valence-electron chi connectivity index (χ2n) is 2.31. The van der Waals surface area contributed by atoms with Crippen molar-refractivity contribution < 1.29 is 4.79 Å². The third kappa shape index (κ3) is 5.58. The highest BCUT2D eigenvalue weighted by atomic mass is 127. The number of alkyl halides is 3. The molecule has 0 aliphatic rings. The number of unbranched alkanes of at least 4 members (excludes halogenated alkanes) is 1. The molecule has 4 heteroatoms. The highest BCUT2D eigenvalue weighted by Crippen LogP contribution is 2.19. The molecule has 0 fully saturated rings. The van der Waals surface area contributed by atoms with Crippen molar-refractivity contribution in [2.24, 2.45) is 0 Å². The zero-order valence-electron chi connectivity index (χ0n) is 6.32. The Labute approximate surface area is 98.1 Å². The van der Waals surface area contributed by atoms with E-state index in [4.69, 9.17) is 0 Å². The van der Waals surface area contributed by atoms with Crippen LogP contribution in [0.3, 0.4) is 0 Å². The standard InChI is InChI=1S/C7H11Br2IO/c1-2-3-4-5(10)6(11)7(8)9/h5,7H,2-4H2,1H3. The summed E-state index contributed by atoms with van der Waals surface area (Å²) in [5.74, 6) is 0.235. The van der Waals surface area contributed by atoms with Crippen LogP contribution in [0.4, 0.5) is 0 Å². The summed E-state index contributed by atoms with van der Waals surface area (Å²) in [6, 6.07) is 0. The molecular weight excluding hydrogens is 387 g/mol. The Kier molecular flexibility index (Phi) is 7.68. The van der Waals surface area contributed by atoms with Gasteiger partial charge in [0, 0.05) is 0 Å². The van der Waals surface area contributed by atoms with E-state index >= 15 is 0 Å². The minimum Gasteiger partial charge on any atom is -0.296 e. The fourth-order valence-electron chi connectivity index (χ4n) is 0.662. The summed E-state index contributed by atoms with van der Waals surface area (Å²) in [5.41, 5.74) is 0. The summed E-state index contributed by atoms with van der Waals surface area (Å²) in [6.07, 6.45) is 3.28. The first kappa shape index (κ1) is 12.4. The number of Topliss-reactive ketones (excluding diaryl/α,β-unsaturated/α-hetero) is 1. The van der Waals surface area contributed by atoms with Gasteiger partial charge in [-0.2, -0.15) is 0 Å². The van der Waals surface area contributed by atoms with Crippen LogP contribution in [0.5, 0.6) is 0 Å². The topological polar surface area (TPSA) is 17.1 Å². The number of halogens is 3. The van der Waals surface area contributed by atoms with Gasteiger partial charge in [0.25, 0.3) is 0 Å². The van der Waals surface area contributed by atoms with Crippen LogP contribution in [0.2, 0.25) is 0 Å². The van der Waals surface area contributed by atoms with Gasteiger partial charge in [-0.1, -0.05) is 74.2 Å². The van der Waals surface area contributed by atoms with E-state index in [0.29, 0.717) is 0 Å². The van der Waals surface area contributed by atoms with E-state index in [0.717, 1.165) is 19.3 Å². The van der Waals surface area contributed by atoms with Gasteiger partial charge >= 0.3 is 0 Å². The average Bonchev–Trinajstić information content (AvgIpc) is 1.98. The lowest BCUT2D eigenvalue weighted by Crippen LogP contribution is -2.19. The molecule has 0 radical (unpaired) electrons. The predicted octanol–water partition coefficient (Wildman–Crippen LogP) is 3.67. The summed E-state index contributed by atoms with van der Waals surface area (Å²) < 4.78 is -0.0231. The highest BCUT2D eigenvalue weighted by Gasteiger charge is 2.19. The molecule has 0 rings (SSSR count). The van der Waals surface area contributed by atoms with Crippen LogP contribution in [0, 0.1) is 0 Å². The summed E-state index contributed by atoms with van der Waals surface area (Å²) in [7, 11) is 0. The van der Waals surface area contributed by atoms with Crippen molar-refractivity contribution in [2.45, 2.75) is 33.8 Å². The van der Waals surface area contributed by atoms with E-state index in [9.17, 15) is 4.79 Å². The van der Waals surface area contributed by atoms with Gasteiger partial charge in [0.1, 0.15) is 3.74 Å². The maximum absolute atomic E-state index is 11.2. The molecule has 0 aromatic heterocycles. The van der Waals surface area contributed by atoms with E-state index in [-0.39, 0.29) is 13.4 Å². The molecule has 1 unspecified atom stereocenters. The number of ketones is 1. The van der Waals surface area contributed by atoms with Gasteiger partial charge in [0.05, 0.1) is 3.92 Å². The smallest absolute Gasteiger partial charge is 0.169 e. The molecule has 0 N–H and O–H groups in total. The minimum atomic E-state index is -0.172. The zero-order chi connectivity index (χ0) is 8.85. The second kappa shape index (κ2) is 6.83. The Hall–Kier alpha value is 1.36. The van der Waals surface area contributed by atoms with Crippen molar-refractivity contribution in [1.82, 2.24) is 0 Å². The third-order valence-corrected chi connectivity index (χ3v) is 3.47. The van der Waals surface area contributed by atoms with Crippen molar-refractivity contribution in [2.75, 3.05) is 0 Å². The van der Waals surface area contributed by atoms with Crippen LogP contribution >= 0.6 is 54.5 Å². The summed E-state index contributed by atoms with van der Waals surface area (Å²) >= 11 is 8.59. The Morgan fingerprint density at radius 1 is 1.55 bits per heavy atom. The molecule has 11 heavy (non-hydrogen) atoms. The van der Waals surface area contributed by atoms with E-state index in [1.54, 1.807) is 0 Å². The minimum absolute atomic E-state index is 0.149. The first-order valence-electron chi connectivity index (χ1n) is 3.55. The fourth-order valence-corrected chi connectivity index (χ4v) is 3.09. The van der Waals surface area contributed by atoms with Gasteiger partial charge < -0.3 is 0 Å². The Balaban J connectivity index is 3.64. The summed E-state index contributed by atoms with van der Waals surface area (Å²) in [5, 5.41) is 0. The number of hydrogen-bond donors (Lipinski definition) is 0. The average molecular weight is 398 g/mol. The molecule has 0 aliphatic heterocycles.